The Bertz CT molecular complexity index is 1730. The third kappa shape index (κ3) is 66.4. The molecule has 0 aliphatic heterocycles. The van der Waals surface area contributed by atoms with Gasteiger partial charge in [-0.1, -0.05) is 321 Å². The Morgan fingerprint density at radius 1 is 0.256 bits per heavy atom. The van der Waals surface area contributed by atoms with Crippen LogP contribution in [0.25, 0.3) is 0 Å². The number of carbonyl (C=O) groups is 3. The minimum atomic E-state index is -0.820. The first-order valence-corrected chi connectivity index (χ1v) is 34.2. The number of carbonyl (C=O) groups excluding carboxylic acids is 3. The highest BCUT2D eigenvalue weighted by Gasteiger charge is 2.19. The molecule has 0 amide bonds. The Hall–Kier alpha value is -4.45. The van der Waals surface area contributed by atoms with E-state index in [2.05, 4.69) is 148 Å². The lowest BCUT2D eigenvalue weighted by atomic mass is 10.0. The first kappa shape index (κ1) is 77.5. The van der Waals surface area contributed by atoms with Crippen molar-refractivity contribution in [2.75, 3.05) is 13.2 Å². The van der Waals surface area contributed by atoms with E-state index < -0.39 is 12.1 Å². The molecule has 0 rings (SSSR count). The number of esters is 3. The van der Waals surface area contributed by atoms with Crippen LogP contribution in [-0.4, -0.2) is 37.2 Å². The lowest BCUT2D eigenvalue weighted by Gasteiger charge is -2.18. The summed E-state index contributed by atoms with van der Waals surface area (Å²) in [5.74, 6) is -0.984. The molecule has 466 valence electrons. The van der Waals surface area contributed by atoms with Crippen LogP contribution in [0.5, 0.6) is 0 Å². The molecule has 0 heterocycles. The molecule has 0 aliphatic carbocycles. The molecule has 0 bridgehead atoms. The average molecular weight is 1140 g/mol. The third-order valence-corrected chi connectivity index (χ3v) is 14.4. The number of hydrogen-bond donors (Lipinski definition) is 0. The predicted molar refractivity (Wildman–Crippen MR) is 357 cm³/mol. The average Bonchev–Trinajstić information content (AvgIpc) is 3.47. The van der Waals surface area contributed by atoms with E-state index in [4.69, 9.17) is 14.2 Å². The zero-order valence-electron chi connectivity index (χ0n) is 53.5. The van der Waals surface area contributed by atoms with Crippen molar-refractivity contribution in [1.29, 1.82) is 0 Å². The second kappa shape index (κ2) is 69.0. The van der Waals surface area contributed by atoms with Gasteiger partial charge in [-0.2, -0.15) is 0 Å². The van der Waals surface area contributed by atoms with Gasteiger partial charge in [0.2, 0.25) is 0 Å². The largest absolute Gasteiger partial charge is 0.462 e. The first-order valence-electron chi connectivity index (χ1n) is 34.2. The van der Waals surface area contributed by atoms with Gasteiger partial charge >= 0.3 is 17.9 Å². The van der Waals surface area contributed by atoms with Gasteiger partial charge in [0.05, 0.1) is 0 Å². The molecule has 0 spiro atoms. The lowest BCUT2D eigenvalue weighted by molar-refractivity contribution is -0.166. The van der Waals surface area contributed by atoms with Gasteiger partial charge < -0.3 is 14.2 Å². The second-order valence-electron chi connectivity index (χ2n) is 22.3. The summed E-state index contributed by atoms with van der Waals surface area (Å²) in [5, 5.41) is 0. The van der Waals surface area contributed by atoms with E-state index in [9.17, 15) is 14.4 Å². The van der Waals surface area contributed by atoms with Crippen molar-refractivity contribution in [3.05, 3.63) is 134 Å². The van der Waals surface area contributed by atoms with Gasteiger partial charge in [0.1, 0.15) is 13.2 Å². The van der Waals surface area contributed by atoms with Crippen LogP contribution in [0.15, 0.2) is 134 Å². The van der Waals surface area contributed by atoms with Gasteiger partial charge in [0.15, 0.2) is 6.10 Å². The summed E-state index contributed by atoms with van der Waals surface area (Å²) in [6.07, 6.45) is 97.8. The minimum Gasteiger partial charge on any atom is -0.462 e. The normalized spacial score (nSPS) is 13.0. The number of allylic oxidation sites excluding steroid dienone is 22. The van der Waals surface area contributed by atoms with Gasteiger partial charge in [0, 0.05) is 19.3 Å². The van der Waals surface area contributed by atoms with E-state index >= 15 is 0 Å². The van der Waals surface area contributed by atoms with E-state index in [1.54, 1.807) is 0 Å². The third-order valence-electron chi connectivity index (χ3n) is 14.4. The van der Waals surface area contributed by atoms with E-state index in [0.29, 0.717) is 19.3 Å². The Kier molecular flexibility index (Phi) is 65.3. The van der Waals surface area contributed by atoms with Crippen LogP contribution < -0.4 is 0 Å². The fraction of sp³-hybridized carbons (Fsp3) is 0.671. The summed E-state index contributed by atoms with van der Waals surface area (Å²) in [4.78, 5) is 38.3. The summed E-state index contributed by atoms with van der Waals surface area (Å²) in [5.41, 5.74) is 0. The molecule has 82 heavy (non-hydrogen) atoms. The Labute approximate surface area is 506 Å². The maximum Gasteiger partial charge on any atom is 0.306 e. The molecule has 0 radical (unpaired) electrons. The molecular formula is C76H126O6. The second-order valence-corrected chi connectivity index (χ2v) is 22.3. The highest BCUT2D eigenvalue weighted by Crippen LogP contribution is 2.17. The quantitative estimate of drug-likeness (QED) is 0.0261. The van der Waals surface area contributed by atoms with E-state index in [0.717, 1.165) is 109 Å². The van der Waals surface area contributed by atoms with Crippen LogP contribution in [0.4, 0.5) is 0 Å². The van der Waals surface area contributed by atoms with Gasteiger partial charge in [-0.3, -0.25) is 14.4 Å². The van der Waals surface area contributed by atoms with Gasteiger partial charge in [-0.25, -0.2) is 0 Å². The molecule has 6 nitrogen and oxygen atoms in total. The van der Waals surface area contributed by atoms with E-state index in [1.807, 2.05) is 6.08 Å². The van der Waals surface area contributed by atoms with Crippen LogP contribution >= 0.6 is 0 Å². The van der Waals surface area contributed by atoms with Crippen molar-refractivity contribution in [2.24, 2.45) is 0 Å². The summed E-state index contributed by atoms with van der Waals surface area (Å²) >= 11 is 0. The summed E-state index contributed by atoms with van der Waals surface area (Å²) < 4.78 is 16.9. The molecule has 0 saturated carbocycles. The predicted octanol–water partition coefficient (Wildman–Crippen LogP) is 23.7. The molecule has 1 unspecified atom stereocenters. The lowest BCUT2D eigenvalue weighted by Crippen LogP contribution is -2.30. The monoisotopic (exact) mass is 1130 g/mol. The Morgan fingerprint density at radius 2 is 0.500 bits per heavy atom. The van der Waals surface area contributed by atoms with Crippen LogP contribution in [-0.2, 0) is 28.6 Å². The fourth-order valence-corrected chi connectivity index (χ4v) is 9.38. The number of hydrogen-bond acceptors (Lipinski definition) is 6. The van der Waals surface area contributed by atoms with Gasteiger partial charge in [-0.15, -0.1) is 0 Å². The molecule has 0 aromatic rings. The number of ether oxygens (including phenoxy) is 3. The van der Waals surface area contributed by atoms with Crippen molar-refractivity contribution in [3.8, 4) is 0 Å². The smallest absolute Gasteiger partial charge is 0.306 e. The molecular weight excluding hydrogens is 1010 g/mol. The standard InChI is InChI=1S/C76H126O6/c1-4-7-10-13-16-19-22-25-27-29-31-32-33-34-35-36-37-38-39-40-41-42-43-44-46-47-49-51-54-57-60-63-66-69-75(78)81-72-73(71-80-74(77)68-65-62-59-56-53-24-21-18-15-12-9-6-3)82-76(79)70-67-64-61-58-55-52-50-48-45-30-28-26-23-20-17-14-11-8-5-2/h7-8,10-11,16-17,19-20,25-28,31-32,34-35,45,48,52,55,61,64,73H,4-6,9,12-15,18,21-24,29-30,33,36-44,46-47,49-51,53-54,56-60,62-63,65-72H2,1-3H3/b10-7-,11-8-,19-16-,20-17-,27-25-,28-26-,32-31-,35-34-,48-45-,55-52-,64-61-. The zero-order valence-corrected chi connectivity index (χ0v) is 53.5. The van der Waals surface area contributed by atoms with Crippen molar-refractivity contribution >= 4 is 17.9 Å². The number of rotatable bonds is 61. The molecule has 0 N–H and O–H groups in total. The minimum absolute atomic E-state index is 0.107. The van der Waals surface area contributed by atoms with Crippen molar-refractivity contribution in [2.45, 2.75) is 316 Å². The maximum absolute atomic E-state index is 12.9. The zero-order chi connectivity index (χ0) is 59.2. The Morgan fingerprint density at radius 3 is 0.793 bits per heavy atom. The van der Waals surface area contributed by atoms with Crippen molar-refractivity contribution in [3.63, 3.8) is 0 Å². The summed E-state index contributed by atoms with van der Waals surface area (Å²) in [7, 11) is 0. The van der Waals surface area contributed by atoms with Crippen LogP contribution in [0, 0.1) is 0 Å². The molecule has 0 aromatic heterocycles. The summed E-state index contributed by atoms with van der Waals surface area (Å²) in [6, 6.07) is 0. The molecule has 0 aliphatic rings. The SMILES string of the molecule is CC/C=C\C/C=C\C/C=C\C/C=C\C/C=C\C/C=C\CCC(=O)OC(COC(=O)CCCCCCCCCCCCCC)COC(=O)CCCCCCCCCCCCCCCCCCC/C=C\C/C=C\C/C=C\C/C=C\C/C=C\CC. The maximum atomic E-state index is 12.9. The molecule has 0 aromatic carbocycles. The van der Waals surface area contributed by atoms with Crippen LogP contribution in [0.1, 0.15) is 310 Å². The Balaban J connectivity index is 4.25. The van der Waals surface area contributed by atoms with Crippen molar-refractivity contribution < 1.29 is 28.6 Å². The van der Waals surface area contributed by atoms with E-state index in [1.165, 1.54) is 154 Å². The van der Waals surface area contributed by atoms with Crippen LogP contribution in [0.3, 0.4) is 0 Å². The highest BCUT2D eigenvalue weighted by molar-refractivity contribution is 5.71. The van der Waals surface area contributed by atoms with Gasteiger partial charge in [0.25, 0.3) is 0 Å². The topological polar surface area (TPSA) is 78.9 Å². The number of unbranched alkanes of at least 4 members (excludes halogenated alkanes) is 28. The highest BCUT2D eigenvalue weighted by atomic mass is 16.6. The first-order chi connectivity index (χ1) is 40.5. The van der Waals surface area contributed by atoms with Gasteiger partial charge in [-0.05, 0) is 103 Å². The van der Waals surface area contributed by atoms with Crippen LogP contribution in [0.2, 0.25) is 0 Å². The molecule has 1 atom stereocenters. The molecule has 0 fully saturated rings. The molecule has 6 heteroatoms. The fourth-order valence-electron chi connectivity index (χ4n) is 9.38. The van der Waals surface area contributed by atoms with Crippen molar-refractivity contribution in [1.82, 2.24) is 0 Å². The van der Waals surface area contributed by atoms with E-state index in [-0.39, 0.29) is 31.6 Å². The molecule has 0 saturated heterocycles. The summed E-state index contributed by atoms with van der Waals surface area (Å²) in [6.45, 7) is 6.37.